The maximum absolute atomic E-state index is 6.83. The molecule has 0 radical (unpaired) electrons. The Morgan fingerprint density at radius 2 is 0.882 bits per heavy atom. The maximum atomic E-state index is 6.83. The molecule has 242 valence electrons. The van der Waals surface area contributed by atoms with Crippen molar-refractivity contribution >= 4 is 11.6 Å². The van der Waals surface area contributed by atoms with Crippen molar-refractivity contribution in [2.45, 2.75) is 11.3 Å². The molecule has 0 heterocycles. The molecule has 0 amide bonds. The lowest BCUT2D eigenvalue weighted by Crippen LogP contribution is -2.30. The van der Waals surface area contributed by atoms with Gasteiger partial charge in [0.25, 0.3) is 0 Å². The summed E-state index contributed by atoms with van der Waals surface area (Å²) in [5.74, 6) is -0.107. The zero-order valence-electron chi connectivity index (χ0n) is 28.1. The molecule has 9 rings (SSSR count). The molecule has 8 aromatic rings. The van der Waals surface area contributed by atoms with Crippen LogP contribution in [0.25, 0.3) is 33.4 Å². The molecule has 0 N–H and O–H groups in total. The lowest BCUT2D eigenvalue weighted by Gasteiger charge is -2.37. The molecule has 0 bridgehead atoms. The summed E-state index contributed by atoms with van der Waals surface area (Å²) in [5, 5.41) is 0.732. The smallest absolute Gasteiger partial charge is 0.0716 e. The van der Waals surface area contributed by atoms with Gasteiger partial charge in [-0.2, -0.15) is 0 Å². The predicted molar refractivity (Wildman–Crippen MR) is 213 cm³/mol. The fourth-order valence-corrected chi connectivity index (χ4v) is 8.67. The second kappa shape index (κ2) is 13.1. The highest BCUT2D eigenvalue weighted by Gasteiger charge is 2.48. The summed E-state index contributed by atoms with van der Waals surface area (Å²) >= 11 is 6.83. The van der Waals surface area contributed by atoms with Crippen LogP contribution in [0.5, 0.6) is 0 Å². The fourth-order valence-electron chi connectivity index (χ4n) is 8.47. The van der Waals surface area contributed by atoms with E-state index in [0.29, 0.717) is 0 Å². The van der Waals surface area contributed by atoms with Gasteiger partial charge in [-0.25, -0.2) is 0 Å². The molecule has 1 aliphatic rings. The van der Waals surface area contributed by atoms with Crippen molar-refractivity contribution in [1.82, 2.24) is 0 Å². The van der Waals surface area contributed by atoms with Crippen molar-refractivity contribution in [2.75, 3.05) is 0 Å². The van der Waals surface area contributed by atoms with Crippen molar-refractivity contribution in [2.24, 2.45) is 0 Å². The predicted octanol–water partition coefficient (Wildman–Crippen LogP) is 13.2. The van der Waals surface area contributed by atoms with Gasteiger partial charge in [0.15, 0.2) is 0 Å². The molecule has 1 heteroatoms. The molecule has 1 atom stereocenters. The average Bonchev–Trinajstić information content (AvgIpc) is 3.51. The summed E-state index contributed by atoms with van der Waals surface area (Å²) in [7, 11) is 0. The highest BCUT2D eigenvalue weighted by atomic mass is 35.5. The number of halogens is 1. The number of hydrogen-bond donors (Lipinski definition) is 0. The lowest BCUT2D eigenvalue weighted by molar-refractivity contribution is 0.748. The molecular formula is C50H35Cl. The van der Waals surface area contributed by atoms with E-state index in [1.54, 1.807) is 0 Å². The van der Waals surface area contributed by atoms with Crippen LogP contribution in [0.15, 0.2) is 206 Å². The van der Waals surface area contributed by atoms with E-state index in [4.69, 9.17) is 11.6 Å². The molecule has 51 heavy (non-hydrogen) atoms. The van der Waals surface area contributed by atoms with Crippen molar-refractivity contribution in [1.29, 1.82) is 0 Å². The molecule has 0 nitrogen and oxygen atoms in total. The Hall–Kier alpha value is -5.95. The Morgan fingerprint density at radius 3 is 1.57 bits per heavy atom. The number of rotatable bonds is 7. The summed E-state index contributed by atoms with van der Waals surface area (Å²) in [6, 6.07) is 74.9. The second-order valence-corrected chi connectivity index (χ2v) is 13.8. The van der Waals surface area contributed by atoms with Gasteiger partial charge < -0.3 is 0 Å². The van der Waals surface area contributed by atoms with E-state index in [2.05, 4.69) is 200 Å². The van der Waals surface area contributed by atoms with E-state index >= 15 is 0 Å². The summed E-state index contributed by atoms with van der Waals surface area (Å²) in [4.78, 5) is 0. The lowest BCUT2D eigenvalue weighted by atomic mass is 9.64. The third-order valence-electron chi connectivity index (χ3n) is 10.6. The minimum absolute atomic E-state index is 0.107. The largest absolute Gasteiger partial charge is 0.0843 e. The molecular weight excluding hydrogens is 636 g/mol. The normalized spacial score (nSPS) is 13.3. The number of hydrogen-bond acceptors (Lipinski definition) is 0. The van der Waals surface area contributed by atoms with E-state index < -0.39 is 5.41 Å². The monoisotopic (exact) mass is 670 g/mol. The zero-order chi connectivity index (χ0) is 34.2. The highest BCUT2D eigenvalue weighted by Crippen LogP contribution is 2.59. The van der Waals surface area contributed by atoms with Crippen LogP contribution in [-0.4, -0.2) is 0 Å². The van der Waals surface area contributed by atoms with Crippen molar-refractivity contribution in [3.63, 3.8) is 0 Å². The van der Waals surface area contributed by atoms with E-state index in [-0.39, 0.29) is 5.92 Å². The van der Waals surface area contributed by atoms with Crippen LogP contribution in [0.2, 0.25) is 5.02 Å². The van der Waals surface area contributed by atoms with Gasteiger partial charge >= 0.3 is 0 Å². The quantitative estimate of drug-likeness (QED) is 0.148. The Labute approximate surface area is 305 Å². The van der Waals surface area contributed by atoms with Crippen LogP contribution in [0.4, 0.5) is 0 Å². The third-order valence-corrected chi connectivity index (χ3v) is 10.8. The van der Waals surface area contributed by atoms with Crippen LogP contribution >= 0.6 is 11.6 Å². The van der Waals surface area contributed by atoms with E-state index in [0.717, 1.165) is 10.6 Å². The van der Waals surface area contributed by atoms with Crippen molar-refractivity contribution < 1.29 is 0 Å². The van der Waals surface area contributed by atoms with Crippen molar-refractivity contribution in [3.05, 3.63) is 250 Å². The molecule has 0 spiro atoms. The van der Waals surface area contributed by atoms with Crippen LogP contribution in [0, 0.1) is 0 Å². The van der Waals surface area contributed by atoms with E-state index in [1.165, 1.54) is 66.8 Å². The fraction of sp³-hybridized carbons (Fsp3) is 0.0400. The molecule has 1 aliphatic carbocycles. The van der Waals surface area contributed by atoms with Gasteiger partial charge in [0.1, 0.15) is 0 Å². The first-order chi connectivity index (χ1) is 25.2. The maximum Gasteiger partial charge on any atom is 0.0716 e. The Morgan fingerprint density at radius 1 is 0.373 bits per heavy atom. The standard InChI is InChI=1S/C50H35Cl/c51-41-23-14-18-38(34-41)48(44-26-11-10-24-42(44)37-32-30-36(31-33-37)35-16-4-1-5-17-35)46-28-15-27-45-43-25-12-13-29-47(43)50(49(45)46,39-19-6-2-7-20-39)40-21-8-3-9-22-40/h1-34,48H. The van der Waals surface area contributed by atoms with Crippen LogP contribution in [0.3, 0.4) is 0 Å². The molecule has 0 saturated heterocycles. The highest BCUT2D eigenvalue weighted by molar-refractivity contribution is 6.30. The molecule has 0 aromatic heterocycles. The molecule has 1 unspecified atom stereocenters. The number of benzene rings is 8. The van der Waals surface area contributed by atoms with Gasteiger partial charge in [-0.1, -0.05) is 206 Å². The minimum atomic E-state index is -0.534. The minimum Gasteiger partial charge on any atom is -0.0843 e. The molecule has 0 fully saturated rings. The first-order valence-corrected chi connectivity index (χ1v) is 18.0. The Balaban J connectivity index is 1.34. The molecule has 8 aromatic carbocycles. The van der Waals surface area contributed by atoms with Gasteiger partial charge in [0.05, 0.1) is 5.41 Å². The van der Waals surface area contributed by atoms with Gasteiger partial charge in [0, 0.05) is 10.9 Å². The molecule has 0 saturated carbocycles. The van der Waals surface area contributed by atoms with Gasteiger partial charge in [0.2, 0.25) is 0 Å². The number of fused-ring (bicyclic) bond motifs is 3. The summed E-state index contributed by atoms with van der Waals surface area (Å²) in [6.07, 6.45) is 0. The first kappa shape index (κ1) is 31.1. The van der Waals surface area contributed by atoms with Gasteiger partial charge in [-0.05, 0) is 84.5 Å². The van der Waals surface area contributed by atoms with Gasteiger partial charge in [-0.15, -0.1) is 0 Å². The summed E-state index contributed by atoms with van der Waals surface area (Å²) in [6.45, 7) is 0. The Bertz CT molecular complexity index is 2420. The summed E-state index contributed by atoms with van der Waals surface area (Å²) in [5.41, 5.74) is 15.6. The first-order valence-electron chi connectivity index (χ1n) is 17.6. The topological polar surface area (TPSA) is 0 Å². The van der Waals surface area contributed by atoms with Crippen LogP contribution < -0.4 is 0 Å². The SMILES string of the molecule is Clc1cccc(C(c2ccccc2-c2ccc(-c3ccccc3)cc2)c2cccc3c2C(c2ccccc2)(c2ccccc2)c2ccccc2-3)c1. The second-order valence-electron chi connectivity index (χ2n) is 13.3. The molecule has 0 aliphatic heterocycles. The Kier molecular flexibility index (Phi) is 7.96. The van der Waals surface area contributed by atoms with Gasteiger partial charge in [-0.3, -0.25) is 0 Å². The van der Waals surface area contributed by atoms with Crippen LogP contribution in [-0.2, 0) is 5.41 Å². The van der Waals surface area contributed by atoms with E-state index in [1.807, 2.05) is 6.07 Å². The zero-order valence-corrected chi connectivity index (χ0v) is 28.8. The van der Waals surface area contributed by atoms with Crippen molar-refractivity contribution in [3.8, 4) is 33.4 Å². The average molecular weight is 671 g/mol. The third kappa shape index (κ3) is 5.23. The summed E-state index contributed by atoms with van der Waals surface area (Å²) < 4.78 is 0. The van der Waals surface area contributed by atoms with Crippen LogP contribution in [0.1, 0.15) is 44.9 Å². The van der Waals surface area contributed by atoms with E-state index in [9.17, 15) is 0 Å².